The summed E-state index contributed by atoms with van der Waals surface area (Å²) in [5, 5.41) is 1.76. The van der Waals surface area contributed by atoms with Crippen LogP contribution in [0, 0.1) is 0 Å². The van der Waals surface area contributed by atoms with Gasteiger partial charge in [0, 0.05) is 5.03 Å². The first-order valence-corrected chi connectivity index (χ1v) is 4.33. The smallest absolute Gasteiger partial charge is 0.0603 e. The van der Waals surface area contributed by atoms with Crippen molar-refractivity contribution in [2.24, 2.45) is 0 Å². The zero-order valence-electron chi connectivity index (χ0n) is 6.00. The van der Waals surface area contributed by atoms with Gasteiger partial charge in [0.25, 0.3) is 0 Å². The predicted molar refractivity (Wildman–Crippen MR) is 51.0 cm³/mol. The van der Waals surface area contributed by atoms with E-state index in [0.717, 1.165) is 12.0 Å². The maximum atomic E-state index is 5.86. The molecular weight excluding hydrogens is 202 g/mol. The van der Waals surface area contributed by atoms with Crippen LogP contribution in [0.25, 0.3) is 0 Å². The lowest BCUT2D eigenvalue weighted by Gasteiger charge is -1.93. The molecule has 0 aromatic heterocycles. The van der Waals surface area contributed by atoms with Crippen LogP contribution >= 0.6 is 34.8 Å². The minimum absolute atomic E-state index is 0.508. The van der Waals surface area contributed by atoms with Crippen molar-refractivity contribution < 1.29 is 0 Å². The summed E-state index contributed by atoms with van der Waals surface area (Å²) in [6.45, 7) is 1.95. The number of halogens is 3. The van der Waals surface area contributed by atoms with Crippen molar-refractivity contribution in [3.05, 3.63) is 32.8 Å². The summed E-state index contributed by atoms with van der Waals surface area (Å²) in [6, 6.07) is 0. The summed E-state index contributed by atoms with van der Waals surface area (Å²) in [4.78, 5) is 0. The Morgan fingerprint density at radius 2 is 1.82 bits per heavy atom. The first-order valence-electron chi connectivity index (χ1n) is 3.19. The molecule has 1 rings (SSSR count). The summed E-state index contributed by atoms with van der Waals surface area (Å²) in [7, 11) is 0. The molecule has 0 atom stereocenters. The lowest BCUT2D eigenvalue weighted by atomic mass is 10.2. The van der Waals surface area contributed by atoms with Crippen LogP contribution in [0.4, 0.5) is 0 Å². The zero-order chi connectivity index (χ0) is 8.43. The third-order valence-corrected chi connectivity index (χ3v) is 2.68. The lowest BCUT2D eigenvalue weighted by molar-refractivity contribution is 1.21. The fraction of sp³-hybridized carbons (Fsp3) is 0.250. The Labute approximate surface area is 81.1 Å². The standard InChI is InChI=1S/C8H7Cl3/c1-5-2-3-6(9)8(11)4-7(5)10/h3-4H,2H2,1H3. The van der Waals surface area contributed by atoms with Crippen LogP contribution in [0.5, 0.6) is 0 Å². The Bertz CT molecular complexity index is 259. The van der Waals surface area contributed by atoms with Gasteiger partial charge in [-0.05, 0) is 19.4 Å². The highest BCUT2D eigenvalue weighted by Gasteiger charge is 2.05. The Morgan fingerprint density at radius 1 is 1.18 bits per heavy atom. The third kappa shape index (κ3) is 2.26. The van der Waals surface area contributed by atoms with Crippen molar-refractivity contribution in [3.63, 3.8) is 0 Å². The number of rotatable bonds is 0. The van der Waals surface area contributed by atoms with Crippen LogP contribution in [0.3, 0.4) is 0 Å². The molecule has 0 unspecified atom stereocenters. The summed E-state index contributed by atoms with van der Waals surface area (Å²) in [5.41, 5.74) is 1.08. The summed E-state index contributed by atoms with van der Waals surface area (Å²) >= 11 is 17.4. The van der Waals surface area contributed by atoms with Gasteiger partial charge in [0.2, 0.25) is 0 Å². The van der Waals surface area contributed by atoms with Crippen molar-refractivity contribution in [2.45, 2.75) is 13.3 Å². The van der Waals surface area contributed by atoms with Crippen LogP contribution in [0.1, 0.15) is 13.3 Å². The summed E-state index contributed by atoms with van der Waals surface area (Å²) in [6.07, 6.45) is 4.29. The van der Waals surface area contributed by atoms with Gasteiger partial charge in [-0.3, -0.25) is 0 Å². The van der Waals surface area contributed by atoms with Gasteiger partial charge in [-0.15, -0.1) is 0 Å². The fourth-order valence-electron chi connectivity index (χ4n) is 0.741. The van der Waals surface area contributed by atoms with E-state index < -0.39 is 0 Å². The molecule has 0 fully saturated rings. The summed E-state index contributed by atoms with van der Waals surface area (Å²) in [5.74, 6) is 0. The molecular formula is C8H7Cl3. The van der Waals surface area contributed by atoms with E-state index in [2.05, 4.69) is 0 Å². The molecule has 3 heteroatoms. The van der Waals surface area contributed by atoms with Crippen LogP contribution in [-0.2, 0) is 0 Å². The van der Waals surface area contributed by atoms with E-state index in [1.807, 2.05) is 13.0 Å². The van der Waals surface area contributed by atoms with Gasteiger partial charge in [0.15, 0.2) is 0 Å². The number of hydrogen-bond donors (Lipinski definition) is 0. The molecule has 0 spiro atoms. The minimum Gasteiger partial charge on any atom is -0.0843 e. The normalized spacial score (nSPS) is 19.3. The van der Waals surface area contributed by atoms with Crippen molar-refractivity contribution in [2.75, 3.05) is 0 Å². The average molecular weight is 210 g/mol. The molecule has 0 saturated heterocycles. The average Bonchev–Trinajstić information content (AvgIpc) is 2.05. The zero-order valence-corrected chi connectivity index (χ0v) is 8.26. The maximum absolute atomic E-state index is 5.86. The van der Waals surface area contributed by atoms with Gasteiger partial charge in [-0.25, -0.2) is 0 Å². The molecule has 60 valence electrons. The molecule has 1 aliphatic rings. The first-order chi connectivity index (χ1) is 5.11. The monoisotopic (exact) mass is 208 g/mol. The molecule has 0 saturated carbocycles. The van der Waals surface area contributed by atoms with Gasteiger partial charge in [0.05, 0.1) is 10.1 Å². The first kappa shape index (κ1) is 9.18. The van der Waals surface area contributed by atoms with E-state index >= 15 is 0 Å². The highest BCUT2D eigenvalue weighted by molar-refractivity contribution is 6.45. The van der Waals surface area contributed by atoms with E-state index in [9.17, 15) is 0 Å². The van der Waals surface area contributed by atoms with Gasteiger partial charge in [0.1, 0.15) is 0 Å². The van der Waals surface area contributed by atoms with Crippen LogP contribution in [0.2, 0.25) is 0 Å². The fourth-order valence-corrected chi connectivity index (χ4v) is 1.30. The van der Waals surface area contributed by atoms with Crippen molar-refractivity contribution in [1.29, 1.82) is 0 Å². The molecule has 0 nitrogen and oxygen atoms in total. The lowest BCUT2D eigenvalue weighted by Crippen LogP contribution is -1.73. The molecule has 0 bridgehead atoms. The molecule has 0 heterocycles. The van der Waals surface area contributed by atoms with E-state index in [-0.39, 0.29) is 0 Å². The van der Waals surface area contributed by atoms with Gasteiger partial charge in [-0.2, -0.15) is 0 Å². The quantitative estimate of drug-likeness (QED) is 0.562. The van der Waals surface area contributed by atoms with Crippen molar-refractivity contribution in [1.82, 2.24) is 0 Å². The van der Waals surface area contributed by atoms with Crippen LogP contribution in [0.15, 0.2) is 32.8 Å². The molecule has 0 N–H and O–H groups in total. The Hall–Kier alpha value is 0.0900. The second kappa shape index (κ2) is 3.66. The maximum Gasteiger partial charge on any atom is 0.0603 e. The second-order valence-corrected chi connectivity index (χ2v) is 3.60. The molecule has 0 aromatic rings. The third-order valence-electron chi connectivity index (χ3n) is 1.48. The summed E-state index contributed by atoms with van der Waals surface area (Å²) < 4.78 is 0. The van der Waals surface area contributed by atoms with Crippen LogP contribution in [-0.4, -0.2) is 0 Å². The van der Waals surface area contributed by atoms with E-state index in [4.69, 9.17) is 34.8 Å². The van der Waals surface area contributed by atoms with E-state index in [1.54, 1.807) is 6.08 Å². The minimum atomic E-state index is 0.508. The van der Waals surface area contributed by atoms with Gasteiger partial charge >= 0.3 is 0 Å². The highest BCUT2D eigenvalue weighted by Crippen LogP contribution is 2.28. The van der Waals surface area contributed by atoms with Gasteiger partial charge in [-0.1, -0.05) is 46.5 Å². The molecule has 11 heavy (non-hydrogen) atoms. The molecule has 0 aliphatic heterocycles. The highest BCUT2D eigenvalue weighted by atomic mass is 35.5. The largest absolute Gasteiger partial charge is 0.0843 e. The SMILES string of the molecule is CC1=C(Cl)C=C(Cl)C(Cl)=CC1. The number of hydrogen-bond acceptors (Lipinski definition) is 0. The molecule has 1 aliphatic carbocycles. The van der Waals surface area contributed by atoms with E-state index in [0.29, 0.717) is 15.1 Å². The second-order valence-electron chi connectivity index (χ2n) is 2.38. The van der Waals surface area contributed by atoms with Crippen molar-refractivity contribution in [3.8, 4) is 0 Å². The van der Waals surface area contributed by atoms with Crippen molar-refractivity contribution >= 4 is 34.8 Å². The molecule has 0 aromatic carbocycles. The van der Waals surface area contributed by atoms with Crippen LogP contribution < -0.4 is 0 Å². The van der Waals surface area contributed by atoms with E-state index in [1.165, 1.54) is 0 Å². The molecule has 0 radical (unpaired) electrons. The van der Waals surface area contributed by atoms with Gasteiger partial charge < -0.3 is 0 Å². The predicted octanol–water partition coefficient (Wildman–Crippen LogP) is 4.15. The molecule has 0 amide bonds. The Balaban J connectivity index is 3.04. The number of allylic oxidation sites excluding steroid dienone is 6. The Kier molecular flexibility index (Phi) is 3.06. The topological polar surface area (TPSA) is 0 Å². The Morgan fingerprint density at radius 3 is 2.45 bits per heavy atom.